The Labute approximate surface area is 187 Å². The van der Waals surface area contributed by atoms with E-state index in [1.165, 1.54) is 6.07 Å². The molecule has 0 bridgehead atoms. The van der Waals surface area contributed by atoms with Gasteiger partial charge in [0.2, 0.25) is 5.88 Å². The highest BCUT2D eigenvalue weighted by Crippen LogP contribution is 2.22. The molecule has 0 aliphatic carbocycles. The third-order valence-electron chi connectivity index (χ3n) is 4.89. The molecule has 0 saturated heterocycles. The molecule has 0 unspecified atom stereocenters. The van der Waals surface area contributed by atoms with Crippen LogP contribution in [0.4, 0.5) is 5.69 Å². The van der Waals surface area contributed by atoms with Crippen LogP contribution in [0.3, 0.4) is 0 Å². The number of nitrogens with zero attached hydrogens (tertiary/aromatic N) is 4. The Hall–Kier alpha value is -4.79. The molecular weight excluding hydrogens is 422 g/mol. The molecule has 0 aliphatic rings. The summed E-state index contributed by atoms with van der Waals surface area (Å²) in [5.74, 6) is 1.69. The first-order valence-corrected chi connectivity index (χ1v) is 10.0. The van der Waals surface area contributed by atoms with Gasteiger partial charge in [0.25, 0.3) is 5.91 Å². The summed E-state index contributed by atoms with van der Waals surface area (Å²) in [6, 6.07) is 18.1. The number of carbonyl (C=O) groups is 1. The van der Waals surface area contributed by atoms with Gasteiger partial charge in [-0.2, -0.15) is 0 Å². The number of amides is 1. The molecule has 0 radical (unpaired) electrons. The summed E-state index contributed by atoms with van der Waals surface area (Å²) >= 11 is 0. The van der Waals surface area contributed by atoms with Crippen LogP contribution in [-0.2, 0) is 0 Å². The summed E-state index contributed by atoms with van der Waals surface area (Å²) in [6.07, 6.45) is 3.49. The van der Waals surface area contributed by atoms with Crippen molar-refractivity contribution in [2.75, 3.05) is 5.32 Å². The van der Waals surface area contributed by atoms with Gasteiger partial charge in [0.1, 0.15) is 17.2 Å². The quantitative estimate of drug-likeness (QED) is 0.438. The van der Waals surface area contributed by atoms with Gasteiger partial charge in [-0.3, -0.25) is 14.2 Å². The van der Waals surface area contributed by atoms with Crippen LogP contribution in [0.1, 0.15) is 16.4 Å². The van der Waals surface area contributed by atoms with Gasteiger partial charge < -0.3 is 14.5 Å². The molecule has 162 valence electrons. The average Bonchev–Trinajstić information content (AvgIpc) is 3.26. The lowest BCUT2D eigenvalue weighted by Gasteiger charge is -2.08. The van der Waals surface area contributed by atoms with E-state index in [0.29, 0.717) is 34.1 Å². The van der Waals surface area contributed by atoms with Crippen molar-refractivity contribution in [1.82, 2.24) is 19.7 Å². The molecule has 9 heteroatoms. The Bertz CT molecular complexity index is 1500. The molecule has 0 fully saturated rings. The minimum atomic E-state index is -0.525. The van der Waals surface area contributed by atoms with Crippen molar-refractivity contribution in [3.63, 3.8) is 0 Å². The van der Waals surface area contributed by atoms with Crippen LogP contribution in [0.25, 0.3) is 16.8 Å². The predicted molar refractivity (Wildman–Crippen MR) is 121 cm³/mol. The second kappa shape index (κ2) is 8.39. The highest BCUT2D eigenvalue weighted by atomic mass is 16.5. The topological polar surface area (TPSA) is 112 Å². The van der Waals surface area contributed by atoms with E-state index in [1.54, 1.807) is 73.1 Å². The number of ether oxygens (including phenoxy) is 1. The number of benzene rings is 2. The van der Waals surface area contributed by atoms with Gasteiger partial charge in [-0.1, -0.05) is 12.1 Å². The van der Waals surface area contributed by atoms with Crippen molar-refractivity contribution in [1.29, 1.82) is 0 Å². The summed E-state index contributed by atoms with van der Waals surface area (Å²) < 4.78 is 13.1. The fourth-order valence-electron chi connectivity index (χ4n) is 3.25. The molecule has 1 N–H and O–H groups in total. The van der Waals surface area contributed by atoms with Crippen LogP contribution in [0.15, 0.2) is 88.3 Å². The first kappa shape index (κ1) is 20.1. The van der Waals surface area contributed by atoms with E-state index in [4.69, 9.17) is 9.15 Å². The first-order valence-electron chi connectivity index (χ1n) is 10.0. The van der Waals surface area contributed by atoms with E-state index in [0.717, 1.165) is 5.82 Å². The molecule has 3 heterocycles. The van der Waals surface area contributed by atoms with E-state index < -0.39 is 5.91 Å². The zero-order chi connectivity index (χ0) is 22.8. The fraction of sp³-hybridized carbons (Fsp3) is 0.0417. The molecule has 0 spiro atoms. The van der Waals surface area contributed by atoms with Crippen molar-refractivity contribution in [3.8, 4) is 17.4 Å². The lowest BCUT2D eigenvalue weighted by molar-refractivity contribution is 0.0997. The fourth-order valence-corrected chi connectivity index (χ4v) is 3.25. The Balaban J connectivity index is 1.26. The second-order valence-corrected chi connectivity index (χ2v) is 7.13. The molecule has 2 aromatic carbocycles. The van der Waals surface area contributed by atoms with Gasteiger partial charge in [-0.15, -0.1) is 10.2 Å². The maximum Gasteiger partial charge on any atom is 0.291 e. The van der Waals surface area contributed by atoms with E-state index in [1.807, 2.05) is 11.5 Å². The first-order chi connectivity index (χ1) is 16.1. The van der Waals surface area contributed by atoms with Gasteiger partial charge in [0.15, 0.2) is 17.0 Å². The van der Waals surface area contributed by atoms with Crippen molar-refractivity contribution >= 4 is 22.6 Å². The number of para-hydroxylation sites is 1. The standard InChI is InChI=1S/C24H17N5O4/c1-15-25-12-13-29(15)22-10-11-23(28-27-22)32-17-8-6-16(7-9-17)26-24(31)21-14-19(30)18-4-2-3-5-20(18)33-21/h2-14H,1H3,(H,26,31). The predicted octanol–water partition coefficient (Wildman–Crippen LogP) is 4.12. The maximum absolute atomic E-state index is 12.5. The summed E-state index contributed by atoms with van der Waals surface area (Å²) in [5, 5.41) is 11.4. The zero-order valence-electron chi connectivity index (χ0n) is 17.4. The van der Waals surface area contributed by atoms with Gasteiger partial charge in [-0.25, -0.2) is 4.98 Å². The molecule has 0 aliphatic heterocycles. The maximum atomic E-state index is 12.5. The van der Waals surface area contributed by atoms with Crippen molar-refractivity contribution in [2.24, 2.45) is 0 Å². The van der Waals surface area contributed by atoms with E-state index in [2.05, 4.69) is 20.5 Å². The average molecular weight is 439 g/mol. The highest BCUT2D eigenvalue weighted by molar-refractivity contribution is 6.03. The van der Waals surface area contributed by atoms with Crippen LogP contribution in [0, 0.1) is 6.92 Å². The Kier molecular flexibility index (Phi) is 5.12. The van der Waals surface area contributed by atoms with Crippen molar-refractivity contribution in [2.45, 2.75) is 6.92 Å². The third-order valence-corrected chi connectivity index (χ3v) is 4.89. The number of hydrogen-bond acceptors (Lipinski definition) is 7. The third kappa shape index (κ3) is 4.19. The molecular formula is C24H17N5O4. The number of hydrogen-bond donors (Lipinski definition) is 1. The number of imidazole rings is 1. The highest BCUT2D eigenvalue weighted by Gasteiger charge is 2.13. The van der Waals surface area contributed by atoms with E-state index in [-0.39, 0.29) is 11.2 Å². The number of aromatic nitrogens is 4. The van der Waals surface area contributed by atoms with Gasteiger partial charge >= 0.3 is 0 Å². The normalized spacial score (nSPS) is 10.8. The molecule has 5 rings (SSSR count). The Morgan fingerprint density at radius 1 is 1.03 bits per heavy atom. The Morgan fingerprint density at radius 3 is 2.58 bits per heavy atom. The van der Waals surface area contributed by atoms with E-state index >= 15 is 0 Å². The minimum absolute atomic E-state index is 0.0671. The smallest absolute Gasteiger partial charge is 0.291 e. The SMILES string of the molecule is Cc1nccn1-c1ccc(Oc2ccc(NC(=O)c3cc(=O)c4ccccc4o3)cc2)nn1. The molecule has 33 heavy (non-hydrogen) atoms. The zero-order valence-corrected chi connectivity index (χ0v) is 17.4. The number of anilines is 1. The number of carbonyl (C=O) groups excluding carboxylic acids is 1. The van der Waals surface area contributed by atoms with Crippen LogP contribution >= 0.6 is 0 Å². The van der Waals surface area contributed by atoms with Crippen molar-refractivity contribution < 1.29 is 13.9 Å². The molecule has 0 saturated carbocycles. The van der Waals surface area contributed by atoms with Gasteiger partial charge in [0, 0.05) is 30.2 Å². The van der Waals surface area contributed by atoms with Crippen molar-refractivity contribution in [3.05, 3.63) is 101 Å². The summed E-state index contributed by atoms with van der Waals surface area (Å²) in [7, 11) is 0. The number of nitrogens with one attached hydrogen (secondary N) is 1. The van der Waals surface area contributed by atoms with Crippen LogP contribution in [0.5, 0.6) is 11.6 Å². The molecule has 1 amide bonds. The molecule has 0 atom stereocenters. The largest absolute Gasteiger partial charge is 0.451 e. The molecule has 9 nitrogen and oxygen atoms in total. The monoisotopic (exact) mass is 439 g/mol. The van der Waals surface area contributed by atoms with Crippen LogP contribution in [-0.4, -0.2) is 25.7 Å². The lowest BCUT2D eigenvalue weighted by Crippen LogP contribution is -2.14. The van der Waals surface area contributed by atoms with Gasteiger partial charge in [0.05, 0.1) is 5.39 Å². The minimum Gasteiger partial charge on any atom is -0.451 e. The van der Waals surface area contributed by atoms with E-state index in [9.17, 15) is 9.59 Å². The summed E-state index contributed by atoms with van der Waals surface area (Å²) in [4.78, 5) is 28.9. The number of aryl methyl sites for hydroxylation is 1. The molecule has 3 aromatic heterocycles. The number of fused-ring (bicyclic) bond motifs is 1. The molecule has 5 aromatic rings. The Morgan fingerprint density at radius 2 is 1.85 bits per heavy atom. The second-order valence-electron chi connectivity index (χ2n) is 7.13. The number of rotatable bonds is 5. The van der Waals surface area contributed by atoms with Crippen LogP contribution in [0.2, 0.25) is 0 Å². The van der Waals surface area contributed by atoms with Crippen LogP contribution < -0.4 is 15.5 Å². The van der Waals surface area contributed by atoms with Gasteiger partial charge in [-0.05, 0) is 49.4 Å². The lowest BCUT2D eigenvalue weighted by atomic mass is 10.2. The summed E-state index contributed by atoms with van der Waals surface area (Å²) in [5.41, 5.74) is 0.593. The summed E-state index contributed by atoms with van der Waals surface area (Å²) in [6.45, 7) is 1.88.